The van der Waals surface area contributed by atoms with E-state index in [4.69, 9.17) is 0 Å². The molecule has 0 spiro atoms. The number of Topliss-reactive ketones (excluding diaryl/α,β-unsaturated/α-hetero) is 1. The number of carbonyl (C=O) groups excluding carboxylic acids is 1. The van der Waals surface area contributed by atoms with Crippen LogP contribution >= 0.6 is 0 Å². The zero-order valence-electron chi connectivity index (χ0n) is 22.6. The molecule has 0 heterocycles. The van der Waals surface area contributed by atoms with Crippen LogP contribution in [0.3, 0.4) is 0 Å². The van der Waals surface area contributed by atoms with Crippen molar-refractivity contribution >= 4 is 5.78 Å². The molecule has 0 aromatic carbocycles. The summed E-state index contributed by atoms with van der Waals surface area (Å²) < 4.78 is 0. The Balaban J connectivity index is 1.60. The topological polar surface area (TPSA) is 77.8 Å². The Labute approximate surface area is 206 Å². The van der Waals surface area contributed by atoms with Crippen LogP contribution in [-0.2, 0) is 4.79 Å². The molecule has 4 rings (SSSR count). The molecule has 8 atom stereocenters. The predicted molar refractivity (Wildman–Crippen MR) is 136 cm³/mol. The van der Waals surface area contributed by atoms with Crippen molar-refractivity contribution in [3.63, 3.8) is 0 Å². The maximum Gasteiger partial charge on any atom is 0.138 e. The lowest BCUT2D eigenvalue weighted by atomic mass is 9.44. The second-order valence-electron chi connectivity index (χ2n) is 13.8. The number of hydrogen-bond acceptors (Lipinski definition) is 4. The van der Waals surface area contributed by atoms with Crippen molar-refractivity contribution in [1.82, 2.24) is 0 Å². The van der Waals surface area contributed by atoms with Gasteiger partial charge in [0.15, 0.2) is 0 Å². The highest BCUT2D eigenvalue weighted by Crippen LogP contribution is 2.71. The second kappa shape index (κ2) is 8.28. The molecule has 0 aromatic heterocycles. The lowest BCUT2D eigenvalue weighted by molar-refractivity contribution is -0.138. The van der Waals surface area contributed by atoms with Crippen LogP contribution in [0.4, 0.5) is 0 Å². The molecule has 0 amide bonds. The van der Waals surface area contributed by atoms with Gasteiger partial charge in [-0.3, -0.25) is 4.79 Å². The average molecular weight is 473 g/mol. The molecule has 0 radical (unpaired) electrons. The van der Waals surface area contributed by atoms with Gasteiger partial charge in [0.1, 0.15) is 11.4 Å². The molecule has 2 fully saturated rings. The highest BCUT2D eigenvalue weighted by atomic mass is 16.4. The molecular weight excluding hydrogens is 424 g/mol. The maximum absolute atomic E-state index is 12.8. The van der Waals surface area contributed by atoms with Crippen LogP contribution in [0.2, 0.25) is 0 Å². The second-order valence-corrected chi connectivity index (χ2v) is 13.8. The molecule has 2 saturated carbocycles. The highest BCUT2D eigenvalue weighted by molar-refractivity contribution is 5.86. The molecular formula is C30H48O4. The number of rotatable bonds is 6. The third kappa shape index (κ3) is 3.53. The molecule has 3 unspecified atom stereocenters. The number of aliphatic hydroxyl groups is 3. The van der Waals surface area contributed by atoms with Crippen LogP contribution in [0.15, 0.2) is 23.3 Å². The number of fused-ring (bicyclic) bond motifs is 5. The SMILES string of the molecule is C[C@H](CCC(O)C(C)(O)CO)[C@H]1CC[C@@]2(C)C3=CCC4C(C)(C)C(=O)CC[C@]4(C)C3=CC[C@]12C. The van der Waals surface area contributed by atoms with Crippen LogP contribution in [0.5, 0.6) is 0 Å². The van der Waals surface area contributed by atoms with Gasteiger partial charge < -0.3 is 15.3 Å². The summed E-state index contributed by atoms with van der Waals surface area (Å²) in [7, 11) is 0. The van der Waals surface area contributed by atoms with E-state index in [-0.39, 0.29) is 21.7 Å². The first-order chi connectivity index (χ1) is 15.6. The van der Waals surface area contributed by atoms with E-state index < -0.39 is 18.3 Å². The number of hydrogen-bond donors (Lipinski definition) is 3. The first-order valence-corrected chi connectivity index (χ1v) is 13.6. The van der Waals surface area contributed by atoms with Gasteiger partial charge in [0.2, 0.25) is 0 Å². The van der Waals surface area contributed by atoms with Crippen LogP contribution in [0, 0.1) is 39.4 Å². The van der Waals surface area contributed by atoms with Crippen molar-refractivity contribution in [2.75, 3.05) is 6.61 Å². The van der Waals surface area contributed by atoms with Crippen molar-refractivity contribution in [3.05, 3.63) is 23.3 Å². The lowest BCUT2D eigenvalue weighted by Gasteiger charge is -2.59. The zero-order chi connectivity index (χ0) is 25.3. The minimum absolute atomic E-state index is 0.0789. The fourth-order valence-corrected chi connectivity index (χ4v) is 8.80. The van der Waals surface area contributed by atoms with E-state index >= 15 is 0 Å². The first-order valence-electron chi connectivity index (χ1n) is 13.6. The molecule has 192 valence electrons. The van der Waals surface area contributed by atoms with Crippen LogP contribution in [-0.4, -0.2) is 39.4 Å². The highest BCUT2D eigenvalue weighted by Gasteiger charge is 2.63. The molecule has 34 heavy (non-hydrogen) atoms. The molecule has 4 nitrogen and oxygen atoms in total. The van der Waals surface area contributed by atoms with Crippen LogP contribution in [0.1, 0.15) is 99.8 Å². The van der Waals surface area contributed by atoms with Crippen LogP contribution < -0.4 is 0 Å². The van der Waals surface area contributed by atoms with Gasteiger partial charge in [-0.25, -0.2) is 0 Å². The van der Waals surface area contributed by atoms with Gasteiger partial charge in [0, 0.05) is 11.8 Å². The van der Waals surface area contributed by atoms with E-state index in [0.29, 0.717) is 36.4 Å². The molecule has 3 N–H and O–H groups in total. The predicted octanol–water partition coefficient (Wildman–Crippen LogP) is 5.60. The van der Waals surface area contributed by atoms with E-state index in [1.165, 1.54) is 25.3 Å². The minimum atomic E-state index is -1.44. The Morgan fingerprint density at radius 1 is 1.09 bits per heavy atom. The average Bonchev–Trinajstić information content (AvgIpc) is 3.06. The summed E-state index contributed by atoms with van der Waals surface area (Å²) in [5, 5.41) is 30.0. The molecule has 0 saturated heterocycles. The summed E-state index contributed by atoms with van der Waals surface area (Å²) in [5.74, 6) is 1.79. The smallest absolute Gasteiger partial charge is 0.138 e. The van der Waals surface area contributed by atoms with Crippen molar-refractivity contribution in [1.29, 1.82) is 0 Å². The Bertz CT molecular complexity index is 897. The Hall–Kier alpha value is -0.970. The van der Waals surface area contributed by atoms with E-state index in [9.17, 15) is 20.1 Å². The molecule has 0 aliphatic heterocycles. The molecule has 4 heteroatoms. The largest absolute Gasteiger partial charge is 0.393 e. The standard InChI is InChI=1S/C30H48O4/c1-19(8-11-25(33)30(7,34)18-31)20-12-16-29(6)22-9-10-23-26(2,3)24(32)14-15-27(23,4)21(22)13-17-28(20,29)5/h9,13,19-20,23,25,31,33-34H,8,10-12,14-18H2,1-7H3/t19-,20-,23?,25?,27-,28-,29+,30?/m1/s1. The third-order valence-corrected chi connectivity index (χ3v) is 11.7. The van der Waals surface area contributed by atoms with Crippen molar-refractivity contribution in [2.24, 2.45) is 39.4 Å². The van der Waals surface area contributed by atoms with Gasteiger partial charge in [-0.05, 0) is 97.0 Å². The number of aliphatic hydroxyl groups excluding tert-OH is 2. The molecule has 0 aromatic rings. The molecule has 0 bridgehead atoms. The maximum atomic E-state index is 12.8. The van der Waals surface area contributed by atoms with E-state index in [0.717, 1.165) is 25.7 Å². The van der Waals surface area contributed by atoms with Crippen molar-refractivity contribution in [2.45, 2.75) is 112 Å². The lowest BCUT2D eigenvalue weighted by Crippen LogP contribution is -2.53. The summed E-state index contributed by atoms with van der Waals surface area (Å²) in [5.41, 5.74) is 1.76. The third-order valence-electron chi connectivity index (χ3n) is 11.7. The summed E-state index contributed by atoms with van der Waals surface area (Å²) in [6.45, 7) is 15.1. The quantitative estimate of drug-likeness (QED) is 0.470. The van der Waals surface area contributed by atoms with Gasteiger partial charge >= 0.3 is 0 Å². The van der Waals surface area contributed by atoms with Gasteiger partial charge in [-0.15, -0.1) is 0 Å². The first kappa shape index (κ1) is 26.1. The van der Waals surface area contributed by atoms with E-state index in [1.54, 1.807) is 5.57 Å². The van der Waals surface area contributed by atoms with E-state index in [2.05, 4.69) is 53.7 Å². The van der Waals surface area contributed by atoms with Gasteiger partial charge in [-0.1, -0.05) is 53.7 Å². The molecule has 4 aliphatic carbocycles. The number of carbonyl (C=O) groups is 1. The summed E-state index contributed by atoms with van der Waals surface area (Å²) >= 11 is 0. The number of allylic oxidation sites excluding steroid dienone is 4. The summed E-state index contributed by atoms with van der Waals surface area (Å²) in [6, 6.07) is 0. The Morgan fingerprint density at radius 3 is 2.41 bits per heavy atom. The number of ketones is 1. The summed E-state index contributed by atoms with van der Waals surface area (Å²) in [6.07, 6.45) is 11.6. The van der Waals surface area contributed by atoms with E-state index in [1.807, 2.05) is 0 Å². The summed E-state index contributed by atoms with van der Waals surface area (Å²) in [4.78, 5) is 12.8. The Kier molecular flexibility index (Phi) is 6.36. The minimum Gasteiger partial charge on any atom is -0.393 e. The monoisotopic (exact) mass is 472 g/mol. The normalized spacial score (nSPS) is 42.5. The van der Waals surface area contributed by atoms with Gasteiger partial charge in [-0.2, -0.15) is 0 Å². The fraction of sp³-hybridized carbons (Fsp3) is 0.833. The van der Waals surface area contributed by atoms with Crippen molar-refractivity contribution < 1.29 is 20.1 Å². The molecule has 4 aliphatic rings. The van der Waals surface area contributed by atoms with Gasteiger partial charge in [0.25, 0.3) is 0 Å². The fourth-order valence-electron chi connectivity index (χ4n) is 8.80. The van der Waals surface area contributed by atoms with Crippen LogP contribution in [0.25, 0.3) is 0 Å². The van der Waals surface area contributed by atoms with Crippen molar-refractivity contribution in [3.8, 4) is 0 Å². The van der Waals surface area contributed by atoms with Gasteiger partial charge in [0.05, 0.1) is 12.7 Å². The zero-order valence-corrected chi connectivity index (χ0v) is 22.6. The Morgan fingerprint density at radius 2 is 1.76 bits per heavy atom.